The first-order valence-electron chi connectivity index (χ1n) is 6.82. The Morgan fingerprint density at radius 3 is 2.60 bits per heavy atom. The molecule has 0 atom stereocenters. The van der Waals surface area contributed by atoms with Crippen LogP contribution in [-0.4, -0.2) is 4.57 Å². The molecule has 8 heteroatoms. The molecule has 0 aliphatic carbocycles. The number of nitriles is 2. The molecule has 122 valence electrons. The fourth-order valence-electron chi connectivity index (χ4n) is 2.15. The number of hydrogen-bond donors (Lipinski definition) is 0. The maximum absolute atomic E-state index is 14.2. The quantitative estimate of drug-likeness (QED) is 0.702. The maximum Gasteiger partial charge on any atom is 0.273 e. The van der Waals surface area contributed by atoms with Crippen molar-refractivity contribution in [2.75, 3.05) is 0 Å². The molecule has 0 aliphatic rings. The van der Waals surface area contributed by atoms with Crippen molar-refractivity contribution >= 4 is 23.0 Å². The zero-order valence-corrected chi connectivity index (χ0v) is 13.2. The summed E-state index contributed by atoms with van der Waals surface area (Å²) in [7, 11) is 0. The monoisotopic (exact) mass is 355 g/mol. The van der Waals surface area contributed by atoms with Gasteiger partial charge in [-0.3, -0.25) is 9.36 Å². The molecule has 0 radical (unpaired) electrons. The Bertz CT molecular complexity index is 1190. The lowest BCUT2D eigenvalue weighted by Crippen LogP contribution is -2.31. The van der Waals surface area contributed by atoms with Crippen LogP contribution in [0, 0.1) is 34.3 Å². The fourth-order valence-corrected chi connectivity index (χ4v) is 3.18. The van der Waals surface area contributed by atoms with Gasteiger partial charge >= 0.3 is 0 Å². The Hall–Kier alpha value is -3.49. The number of nitrogens with zero attached hydrogens (tertiary/aromatic N) is 3. The van der Waals surface area contributed by atoms with Crippen LogP contribution in [0.5, 0.6) is 0 Å². The molecule has 0 amide bonds. The largest absolute Gasteiger partial charge is 0.465 e. The zero-order valence-electron chi connectivity index (χ0n) is 12.4. The van der Waals surface area contributed by atoms with Gasteiger partial charge in [-0.15, -0.1) is 11.3 Å². The summed E-state index contributed by atoms with van der Waals surface area (Å²) in [6.07, 6.45) is 2.83. The van der Waals surface area contributed by atoms with Crippen LogP contribution in [0.3, 0.4) is 0 Å². The van der Waals surface area contributed by atoms with Gasteiger partial charge in [0.2, 0.25) is 0 Å². The molecule has 0 bridgehead atoms. The van der Waals surface area contributed by atoms with Crippen LogP contribution in [-0.2, 0) is 0 Å². The van der Waals surface area contributed by atoms with Crippen LogP contribution >= 0.6 is 11.3 Å². The maximum atomic E-state index is 14.2. The second-order valence-electron chi connectivity index (χ2n) is 4.77. The van der Waals surface area contributed by atoms with Gasteiger partial charge in [0.1, 0.15) is 34.2 Å². The topological polar surface area (TPSA) is 82.7 Å². The second-order valence-corrected chi connectivity index (χ2v) is 5.80. The molecule has 0 aliphatic heterocycles. The first kappa shape index (κ1) is 16.4. The van der Waals surface area contributed by atoms with Crippen molar-refractivity contribution in [1.82, 2.24) is 4.57 Å². The summed E-state index contributed by atoms with van der Waals surface area (Å²) in [5.41, 5.74) is -1.26. The highest BCUT2D eigenvalue weighted by molar-refractivity contribution is 7.07. The summed E-state index contributed by atoms with van der Waals surface area (Å²) in [5.74, 6) is -1.41. The van der Waals surface area contributed by atoms with Gasteiger partial charge in [0.05, 0.1) is 16.5 Å². The highest BCUT2D eigenvalue weighted by Crippen LogP contribution is 2.12. The Balaban J connectivity index is 2.45. The van der Waals surface area contributed by atoms with Gasteiger partial charge in [-0.25, -0.2) is 8.78 Å². The van der Waals surface area contributed by atoms with Gasteiger partial charge in [0.25, 0.3) is 5.56 Å². The van der Waals surface area contributed by atoms with Crippen molar-refractivity contribution in [2.45, 2.75) is 0 Å². The van der Waals surface area contributed by atoms with Gasteiger partial charge < -0.3 is 4.42 Å². The van der Waals surface area contributed by atoms with Crippen LogP contribution < -0.4 is 14.8 Å². The number of rotatable bonds is 2. The fraction of sp³-hybridized carbons (Fsp3) is 0. The van der Waals surface area contributed by atoms with Crippen molar-refractivity contribution in [3.8, 4) is 17.8 Å². The minimum absolute atomic E-state index is 0.0432. The SMILES string of the molecule is N#CC(C#N)=c1sc(=Cc2ccco2)c(=O)n1-c1ccc(F)cc1F. The Morgan fingerprint density at radius 1 is 1.24 bits per heavy atom. The molecule has 25 heavy (non-hydrogen) atoms. The van der Waals surface area contributed by atoms with Crippen LogP contribution in [0.4, 0.5) is 8.78 Å². The number of benzene rings is 1. The molecule has 0 unspecified atom stereocenters. The molecule has 0 spiro atoms. The number of thiazole rings is 1. The van der Waals surface area contributed by atoms with E-state index in [4.69, 9.17) is 14.9 Å². The van der Waals surface area contributed by atoms with E-state index in [0.29, 0.717) is 11.8 Å². The number of furan rings is 1. The van der Waals surface area contributed by atoms with E-state index in [-0.39, 0.29) is 20.5 Å². The van der Waals surface area contributed by atoms with E-state index in [2.05, 4.69) is 0 Å². The first-order valence-corrected chi connectivity index (χ1v) is 7.64. The lowest BCUT2D eigenvalue weighted by atomic mass is 10.3. The molecule has 0 N–H and O–H groups in total. The smallest absolute Gasteiger partial charge is 0.273 e. The van der Waals surface area contributed by atoms with Crippen molar-refractivity contribution in [3.05, 3.63) is 73.5 Å². The van der Waals surface area contributed by atoms with Crippen LogP contribution in [0.2, 0.25) is 0 Å². The number of halogens is 2. The molecule has 0 fully saturated rings. The van der Waals surface area contributed by atoms with Crippen molar-refractivity contribution in [2.24, 2.45) is 0 Å². The van der Waals surface area contributed by atoms with Gasteiger partial charge in [-0.05, 0) is 24.3 Å². The average molecular weight is 355 g/mol. The molecule has 3 aromatic rings. The lowest BCUT2D eigenvalue weighted by Gasteiger charge is -2.03. The minimum Gasteiger partial charge on any atom is -0.465 e. The Labute approximate surface area is 143 Å². The summed E-state index contributed by atoms with van der Waals surface area (Å²) in [5, 5.41) is 18.2. The van der Waals surface area contributed by atoms with E-state index in [1.165, 1.54) is 12.3 Å². The summed E-state index contributed by atoms with van der Waals surface area (Å²) >= 11 is 0.842. The van der Waals surface area contributed by atoms with Gasteiger partial charge in [0, 0.05) is 12.1 Å². The van der Waals surface area contributed by atoms with Crippen LogP contribution in [0.25, 0.3) is 17.3 Å². The molecule has 0 saturated carbocycles. The van der Waals surface area contributed by atoms with E-state index in [9.17, 15) is 13.6 Å². The van der Waals surface area contributed by atoms with E-state index in [1.807, 2.05) is 0 Å². The van der Waals surface area contributed by atoms with Crippen LogP contribution in [0.15, 0.2) is 45.8 Å². The third kappa shape index (κ3) is 2.99. The minimum atomic E-state index is -0.985. The van der Waals surface area contributed by atoms with Crippen molar-refractivity contribution < 1.29 is 13.2 Å². The lowest BCUT2D eigenvalue weighted by molar-refractivity contribution is 0.556. The summed E-state index contributed by atoms with van der Waals surface area (Å²) in [6.45, 7) is 0. The molecule has 2 heterocycles. The summed E-state index contributed by atoms with van der Waals surface area (Å²) in [6, 6.07) is 9.28. The van der Waals surface area contributed by atoms with Gasteiger partial charge in [0.15, 0.2) is 5.57 Å². The van der Waals surface area contributed by atoms with E-state index < -0.39 is 17.2 Å². The number of hydrogen-bond acceptors (Lipinski definition) is 5. The average Bonchev–Trinajstić information content (AvgIpc) is 3.19. The third-order valence-corrected chi connectivity index (χ3v) is 4.32. The first-order chi connectivity index (χ1) is 12.0. The van der Waals surface area contributed by atoms with E-state index >= 15 is 0 Å². The standard InChI is InChI=1S/C17H7F2N3O2S/c18-11-3-4-14(13(19)6-11)22-16(23)15(7-12-2-1-5-24-12)25-17(22)10(8-20)9-21/h1-7H. The highest BCUT2D eigenvalue weighted by Gasteiger charge is 2.15. The second kappa shape index (κ2) is 6.56. The van der Waals surface area contributed by atoms with Gasteiger partial charge in [-0.1, -0.05) is 0 Å². The normalized spacial score (nSPS) is 11.1. The van der Waals surface area contributed by atoms with Crippen molar-refractivity contribution in [3.63, 3.8) is 0 Å². The molecule has 5 nitrogen and oxygen atoms in total. The molecular formula is C17H7F2N3O2S. The van der Waals surface area contributed by atoms with Crippen molar-refractivity contribution in [1.29, 1.82) is 10.5 Å². The Morgan fingerprint density at radius 2 is 2.00 bits per heavy atom. The summed E-state index contributed by atoms with van der Waals surface area (Å²) in [4.78, 5) is 12.7. The van der Waals surface area contributed by atoms with E-state index in [1.54, 1.807) is 24.3 Å². The predicted octanol–water partition coefficient (Wildman–Crippen LogP) is 1.80. The molecule has 0 saturated heterocycles. The molecule has 2 aromatic heterocycles. The van der Waals surface area contributed by atoms with Crippen LogP contribution in [0.1, 0.15) is 5.76 Å². The van der Waals surface area contributed by atoms with E-state index in [0.717, 1.165) is 28.0 Å². The number of aromatic nitrogens is 1. The highest BCUT2D eigenvalue weighted by atomic mass is 32.1. The molecule has 3 rings (SSSR count). The predicted molar refractivity (Wildman–Crippen MR) is 86.0 cm³/mol. The zero-order chi connectivity index (χ0) is 18.0. The van der Waals surface area contributed by atoms with Gasteiger partial charge in [-0.2, -0.15) is 10.5 Å². The Kier molecular flexibility index (Phi) is 4.29. The third-order valence-electron chi connectivity index (χ3n) is 3.23. The summed E-state index contributed by atoms with van der Waals surface area (Å²) < 4.78 is 33.4. The molecule has 1 aromatic carbocycles. The molecular weight excluding hydrogens is 348 g/mol.